The number of nitrogens with one attached hydrogen (secondary N) is 2. The molecule has 0 aliphatic rings. The molecule has 5 nitrogen and oxygen atoms in total. The number of carbonyl (C=O) groups excluding carboxylic acids is 1. The molecule has 0 fully saturated rings. The van der Waals surface area contributed by atoms with Gasteiger partial charge in [-0.1, -0.05) is 18.2 Å². The van der Waals surface area contributed by atoms with Crippen LogP contribution in [-0.2, 0) is 11.3 Å². The van der Waals surface area contributed by atoms with Gasteiger partial charge in [-0.2, -0.15) is 0 Å². The quantitative estimate of drug-likeness (QED) is 0.774. The molecule has 2 aromatic carbocycles. The van der Waals surface area contributed by atoms with Crippen LogP contribution in [-0.4, -0.2) is 15.9 Å². The van der Waals surface area contributed by atoms with Gasteiger partial charge in [0.05, 0.1) is 17.8 Å². The first-order valence-corrected chi connectivity index (χ1v) is 7.45. The van der Waals surface area contributed by atoms with Gasteiger partial charge >= 0.3 is 0 Å². The van der Waals surface area contributed by atoms with E-state index in [1.54, 1.807) is 0 Å². The molecule has 3 rings (SSSR count). The molecule has 5 heteroatoms. The first-order valence-electron chi connectivity index (χ1n) is 7.45. The predicted molar refractivity (Wildman–Crippen MR) is 92.3 cm³/mol. The van der Waals surface area contributed by atoms with E-state index in [-0.39, 0.29) is 5.91 Å². The van der Waals surface area contributed by atoms with E-state index in [0.717, 1.165) is 33.8 Å². The molecule has 116 valence electrons. The summed E-state index contributed by atoms with van der Waals surface area (Å²) in [4.78, 5) is 20.0. The molecule has 0 aliphatic carbocycles. The molecule has 0 unspecified atom stereocenters. The third-order valence-electron chi connectivity index (χ3n) is 3.46. The second kappa shape index (κ2) is 6.44. The molecule has 1 aromatic heterocycles. The molecular weight excluding hydrogens is 288 g/mol. The van der Waals surface area contributed by atoms with Gasteiger partial charge in [0.25, 0.3) is 0 Å². The molecule has 0 aliphatic heterocycles. The van der Waals surface area contributed by atoms with E-state index in [1.807, 2.05) is 55.5 Å². The van der Waals surface area contributed by atoms with Crippen molar-refractivity contribution in [3.63, 3.8) is 0 Å². The molecule has 2 N–H and O–H groups in total. The normalized spacial score (nSPS) is 10.5. The van der Waals surface area contributed by atoms with Crippen LogP contribution in [0.4, 0.5) is 11.4 Å². The summed E-state index contributed by atoms with van der Waals surface area (Å²) in [5.41, 5.74) is 3.68. The van der Waals surface area contributed by atoms with Gasteiger partial charge in [-0.05, 0) is 37.3 Å². The second-order valence-electron chi connectivity index (χ2n) is 5.35. The van der Waals surface area contributed by atoms with Crippen LogP contribution in [0.3, 0.4) is 0 Å². The van der Waals surface area contributed by atoms with Crippen molar-refractivity contribution in [1.82, 2.24) is 9.97 Å². The minimum atomic E-state index is -0.0753. The minimum absolute atomic E-state index is 0.0753. The van der Waals surface area contributed by atoms with E-state index in [9.17, 15) is 4.79 Å². The second-order valence-corrected chi connectivity index (χ2v) is 5.35. The highest BCUT2D eigenvalue weighted by molar-refractivity contribution is 5.88. The van der Waals surface area contributed by atoms with Crippen molar-refractivity contribution < 1.29 is 4.79 Å². The van der Waals surface area contributed by atoms with Crippen LogP contribution in [0.5, 0.6) is 0 Å². The largest absolute Gasteiger partial charge is 0.379 e. The Morgan fingerprint density at radius 1 is 1.00 bits per heavy atom. The van der Waals surface area contributed by atoms with Gasteiger partial charge in [0, 0.05) is 23.7 Å². The summed E-state index contributed by atoms with van der Waals surface area (Å²) in [5, 5.41) is 7.16. The molecule has 0 saturated carbocycles. The number of nitrogens with zero attached hydrogens (tertiary/aromatic N) is 2. The van der Waals surface area contributed by atoms with E-state index in [0.29, 0.717) is 6.54 Å². The molecule has 3 aromatic rings. The SMILES string of the molecule is CC(=O)Nc1ccc(NCc2nc(C)nc3ccccc23)cc1. The number of amides is 1. The molecule has 0 bridgehead atoms. The Balaban J connectivity index is 1.77. The Kier molecular flexibility index (Phi) is 4.19. The standard InChI is InChI=1S/C18H18N4O/c1-12-20-17-6-4-3-5-16(17)18(21-12)11-19-14-7-9-15(10-8-14)22-13(2)23/h3-10,19H,11H2,1-2H3,(H,22,23). The average molecular weight is 306 g/mol. The molecule has 23 heavy (non-hydrogen) atoms. The number of rotatable bonds is 4. The van der Waals surface area contributed by atoms with Crippen molar-refractivity contribution in [1.29, 1.82) is 0 Å². The summed E-state index contributed by atoms with van der Waals surface area (Å²) >= 11 is 0. The van der Waals surface area contributed by atoms with Crippen LogP contribution in [0.15, 0.2) is 48.5 Å². The minimum Gasteiger partial charge on any atom is -0.379 e. The summed E-state index contributed by atoms with van der Waals surface area (Å²) in [5.74, 6) is 0.690. The fourth-order valence-electron chi connectivity index (χ4n) is 2.47. The highest BCUT2D eigenvalue weighted by Gasteiger charge is 2.05. The summed E-state index contributed by atoms with van der Waals surface area (Å²) < 4.78 is 0. The lowest BCUT2D eigenvalue weighted by Gasteiger charge is -2.10. The third-order valence-corrected chi connectivity index (χ3v) is 3.46. The third kappa shape index (κ3) is 3.63. The zero-order valence-electron chi connectivity index (χ0n) is 13.1. The number of aromatic nitrogens is 2. The molecule has 0 radical (unpaired) electrons. The van der Waals surface area contributed by atoms with Crippen molar-refractivity contribution in [3.8, 4) is 0 Å². The highest BCUT2D eigenvalue weighted by Crippen LogP contribution is 2.18. The van der Waals surface area contributed by atoms with Gasteiger partial charge < -0.3 is 10.6 Å². The van der Waals surface area contributed by atoms with Crippen molar-refractivity contribution in [2.75, 3.05) is 10.6 Å². The van der Waals surface area contributed by atoms with Crippen molar-refractivity contribution >= 4 is 28.2 Å². The first kappa shape index (κ1) is 15.0. The van der Waals surface area contributed by atoms with E-state index in [4.69, 9.17) is 0 Å². The molecular formula is C18H18N4O. The molecule has 0 saturated heterocycles. The first-order chi connectivity index (χ1) is 11.1. The molecule has 1 amide bonds. The van der Waals surface area contributed by atoms with Gasteiger partial charge in [0.1, 0.15) is 5.82 Å². The zero-order valence-corrected chi connectivity index (χ0v) is 13.1. The fraction of sp³-hybridized carbons (Fsp3) is 0.167. The Bertz CT molecular complexity index is 843. The van der Waals surface area contributed by atoms with Gasteiger partial charge in [-0.25, -0.2) is 9.97 Å². The summed E-state index contributed by atoms with van der Waals surface area (Å²) in [6.45, 7) is 4.01. The lowest BCUT2D eigenvalue weighted by atomic mass is 10.2. The number of fused-ring (bicyclic) bond motifs is 1. The number of hydrogen-bond acceptors (Lipinski definition) is 4. The van der Waals surface area contributed by atoms with Crippen LogP contribution < -0.4 is 10.6 Å². The maximum atomic E-state index is 11.0. The van der Waals surface area contributed by atoms with Crippen molar-refractivity contribution in [2.24, 2.45) is 0 Å². The maximum absolute atomic E-state index is 11.0. The molecule has 1 heterocycles. The van der Waals surface area contributed by atoms with Crippen LogP contribution in [0, 0.1) is 6.92 Å². The number of aryl methyl sites for hydroxylation is 1. The number of carbonyl (C=O) groups is 1. The van der Waals surface area contributed by atoms with Gasteiger partial charge in [0.2, 0.25) is 5.91 Å². The van der Waals surface area contributed by atoms with E-state index in [1.165, 1.54) is 6.92 Å². The number of benzene rings is 2. The fourth-order valence-corrected chi connectivity index (χ4v) is 2.47. The lowest BCUT2D eigenvalue weighted by Crippen LogP contribution is -2.06. The average Bonchev–Trinajstić information content (AvgIpc) is 2.53. The van der Waals surface area contributed by atoms with E-state index < -0.39 is 0 Å². The van der Waals surface area contributed by atoms with Crippen LogP contribution in [0.2, 0.25) is 0 Å². The van der Waals surface area contributed by atoms with Crippen molar-refractivity contribution in [3.05, 3.63) is 60.0 Å². The van der Waals surface area contributed by atoms with Gasteiger partial charge in [0.15, 0.2) is 0 Å². The summed E-state index contributed by atoms with van der Waals surface area (Å²) in [6.07, 6.45) is 0. The van der Waals surface area contributed by atoms with E-state index in [2.05, 4.69) is 20.6 Å². The summed E-state index contributed by atoms with van der Waals surface area (Å²) in [7, 11) is 0. The summed E-state index contributed by atoms with van der Waals surface area (Å²) in [6, 6.07) is 15.6. The van der Waals surface area contributed by atoms with Crippen LogP contribution in [0.1, 0.15) is 18.4 Å². The number of para-hydroxylation sites is 1. The smallest absolute Gasteiger partial charge is 0.221 e. The highest BCUT2D eigenvalue weighted by atomic mass is 16.1. The molecule has 0 atom stereocenters. The van der Waals surface area contributed by atoms with Crippen molar-refractivity contribution in [2.45, 2.75) is 20.4 Å². The van der Waals surface area contributed by atoms with E-state index >= 15 is 0 Å². The number of anilines is 2. The Morgan fingerprint density at radius 3 is 2.43 bits per heavy atom. The Labute approximate surface area is 134 Å². The zero-order chi connectivity index (χ0) is 16.2. The Hall–Kier alpha value is -2.95. The maximum Gasteiger partial charge on any atom is 0.221 e. The topological polar surface area (TPSA) is 66.9 Å². The Morgan fingerprint density at radius 2 is 1.70 bits per heavy atom. The van der Waals surface area contributed by atoms with Gasteiger partial charge in [-0.3, -0.25) is 4.79 Å². The van der Waals surface area contributed by atoms with Crippen LogP contribution in [0.25, 0.3) is 10.9 Å². The monoisotopic (exact) mass is 306 g/mol. The van der Waals surface area contributed by atoms with Gasteiger partial charge in [-0.15, -0.1) is 0 Å². The van der Waals surface area contributed by atoms with Crippen LogP contribution >= 0.6 is 0 Å². The lowest BCUT2D eigenvalue weighted by molar-refractivity contribution is -0.114. The molecule has 0 spiro atoms. The number of hydrogen-bond donors (Lipinski definition) is 2. The predicted octanol–water partition coefficient (Wildman–Crippen LogP) is 3.51.